The first kappa shape index (κ1) is 16.8. The van der Waals surface area contributed by atoms with E-state index in [9.17, 15) is 10.1 Å². The van der Waals surface area contributed by atoms with Crippen LogP contribution in [0.2, 0.25) is 0 Å². The fraction of sp³-hybridized carbons (Fsp3) is 0.0952. The summed E-state index contributed by atoms with van der Waals surface area (Å²) < 4.78 is 5.89. The Morgan fingerprint density at radius 3 is 2.56 bits per heavy atom. The van der Waals surface area contributed by atoms with Gasteiger partial charge in [0.25, 0.3) is 5.69 Å². The third-order valence-corrected chi connectivity index (χ3v) is 4.42. The van der Waals surface area contributed by atoms with Crippen molar-refractivity contribution in [1.82, 2.24) is 0 Å². The molecule has 3 aromatic carbocycles. The summed E-state index contributed by atoms with van der Waals surface area (Å²) in [5, 5.41) is 13.2. The van der Waals surface area contributed by atoms with Gasteiger partial charge in [0.05, 0.1) is 10.6 Å². The van der Waals surface area contributed by atoms with Gasteiger partial charge in [0.1, 0.15) is 11.2 Å². The summed E-state index contributed by atoms with van der Waals surface area (Å²) in [6.45, 7) is 0. The van der Waals surface area contributed by atoms with Crippen molar-refractivity contribution >= 4 is 45.2 Å². The SMILES string of the molecule is CN(C)c1ccc([N+](=O)[O-])cc1C=Nc1ccc2c(c1)oc1ccccc12. The number of nitro groups is 1. The predicted octanol–water partition coefficient (Wildman–Crippen LogP) is 5.31. The van der Waals surface area contributed by atoms with E-state index in [1.54, 1.807) is 12.3 Å². The van der Waals surface area contributed by atoms with Crippen molar-refractivity contribution in [1.29, 1.82) is 0 Å². The number of fused-ring (bicyclic) bond motifs is 3. The average molecular weight is 359 g/mol. The van der Waals surface area contributed by atoms with Crippen LogP contribution >= 0.6 is 0 Å². The van der Waals surface area contributed by atoms with Gasteiger partial charge in [-0.1, -0.05) is 18.2 Å². The molecule has 0 saturated heterocycles. The number of aliphatic imine (C=N–C) groups is 1. The number of furan rings is 1. The van der Waals surface area contributed by atoms with E-state index in [0.29, 0.717) is 5.56 Å². The molecular formula is C21H17N3O3. The number of rotatable bonds is 4. The number of nitrogens with zero attached hydrogens (tertiary/aromatic N) is 3. The van der Waals surface area contributed by atoms with E-state index in [-0.39, 0.29) is 5.69 Å². The normalized spacial score (nSPS) is 11.5. The lowest BCUT2D eigenvalue weighted by molar-refractivity contribution is -0.384. The molecule has 1 heterocycles. The first-order valence-electron chi connectivity index (χ1n) is 8.44. The van der Waals surface area contributed by atoms with E-state index >= 15 is 0 Å². The molecule has 1 aromatic heterocycles. The molecule has 0 atom stereocenters. The van der Waals surface area contributed by atoms with Crippen molar-refractivity contribution in [2.75, 3.05) is 19.0 Å². The number of benzene rings is 3. The van der Waals surface area contributed by atoms with Crippen molar-refractivity contribution in [2.24, 2.45) is 4.99 Å². The van der Waals surface area contributed by atoms with E-state index in [1.807, 2.05) is 61.5 Å². The summed E-state index contributed by atoms with van der Waals surface area (Å²) >= 11 is 0. The Bertz CT molecular complexity index is 1190. The summed E-state index contributed by atoms with van der Waals surface area (Å²) in [4.78, 5) is 17.1. The summed E-state index contributed by atoms with van der Waals surface area (Å²) in [6, 6.07) is 18.4. The Kier molecular flexibility index (Phi) is 4.08. The molecule has 27 heavy (non-hydrogen) atoms. The second kappa shape index (κ2) is 6.57. The summed E-state index contributed by atoms with van der Waals surface area (Å²) in [5.74, 6) is 0. The lowest BCUT2D eigenvalue weighted by Crippen LogP contribution is -2.11. The van der Waals surface area contributed by atoms with E-state index in [2.05, 4.69) is 4.99 Å². The van der Waals surface area contributed by atoms with Gasteiger partial charge in [-0.2, -0.15) is 0 Å². The third-order valence-electron chi connectivity index (χ3n) is 4.42. The van der Waals surface area contributed by atoms with Crippen LogP contribution in [0.15, 0.2) is 70.1 Å². The summed E-state index contributed by atoms with van der Waals surface area (Å²) in [7, 11) is 3.78. The number of anilines is 1. The van der Waals surface area contributed by atoms with Crippen LogP contribution in [-0.2, 0) is 0 Å². The number of non-ortho nitro benzene ring substituents is 1. The zero-order chi connectivity index (χ0) is 19.0. The van der Waals surface area contributed by atoms with E-state index in [1.165, 1.54) is 12.1 Å². The zero-order valence-electron chi connectivity index (χ0n) is 14.9. The number of nitro benzene ring substituents is 1. The van der Waals surface area contributed by atoms with Crippen molar-refractivity contribution in [3.8, 4) is 0 Å². The number of hydrogen-bond donors (Lipinski definition) is 0. The molecule has 0 saturated carbocycles. The topological polar surface area (TPSA) is 71.9 Å². The van der Waals surface area contributed by atoms with Gasteiger partial charge in [0.2, 0.25) is 0 Å². The van der Waals surface area contributed by atoms with Gasteiger partial charge < -0.3 is 9.32 Å². The first-order chi connectivity index (χ1) is 13.0. The maximum Gasteiger partial charge on any atom is 0.270 e. The highest BCUT2D eigenvalue weighted by Gasteiger charge is 2.11. The monoisotopic (exact) mass is 359 g/mol. The van der Waals surface area contributed by atoms with Crippen molar-refractivity contribution in [3.63, 3.8) is 0 Å². The highest BCUT2D eigenvalue weighted by molar-refractivity contribution is 6.05. The van der Waals surface area contributed by atoms with Gasteiger partial charge >= 0.3 is 0 Å². The lowest BCUT2D eigenvalue weighted by Gasteiger charge is -2.14. The zero-order valence-corrected chi connectivity index (χ0v) is 14.9. The van der Waals surface area contributed by atoms with Crippen LogP contribution in [0.1, 0.15) is 5.56 Å². The smallest absolute Gasteiger partial charge is 0.270 e. The van der Waals surface area contributed by atoms with Gasteiger partial charge in [0, 0.05) is 60.5 Å². The van der Waals surface area contributed by atoms with Crippen molar-refractivity contribution in [3.05, 3.63) is 76.3 Å². The molecule has 0 N–H and O–H groups in total. The van der Waals surface area contributed by atoms with Gasteiger partial charge in [0.15, 0.2) is 0 Å². The minimum atomic E-state index is -0.406. The third kappa shape index (κ3) is 3.13. The van der Waals surface area contributed by atoms with E-state index in [4.69, 9.17) is 4.42 Å². The molecule has 0 aliphatic heterocycles. The second-order valence-electron chi connectivity index (χ2n) is 6.43. The molecule has 0 unspecified atom stereocenters. The number of para-hydroxylation sites is 1. The fourth-order valence-corrected chi connectivity index (χ4v) is 3.11. The highest BCUT2D eigenvalue weighted by atomic mass is 16.6. The van der Waals surface area contributed by atoms with Gasteiger partial charge in [-0.15, -0.1) is 0 Å². The van der Waals surface area contributed by atoms with E-state index in [0.717, 1.165) is 33.3 Å². The van der Waals surface area contributed by atoms with Gasteiger partial charge in [-0.05, 0) is 24.3 Å². The Hall–Kier alpha value is -3.67. The molecular weight excluding hydrogens is 342 g/mol. The molecule has 6 heteroatoms. The second-order valence-corrected chi connectivity index (χ2v) is 6.43. The minimum absolute atomic E-state index is 0.0368. The minimum Gasteiger partial charge on any atom is -0.456 e. The van der Waals surface area contributed by atoms with Crippen molar-refractivity contribution < 1.29 is 9.34 Å². The molecule has 6 nitrogen and oxygen atoms in total. The molecule has 4 aromatic rings. The maximum atomic E-state index is 11.1. The molecule has 0 radical (unpaired) electrons. The molecule has 0 aliphatic carbocycles. The molecule has 134 valence electrons. The van der Waals surface area contributed by atoms with Gasteiger partial charge in [-0.25, -0.2) is 0 Å². The Morgan fingerprint density at radius 1 is 1.00 bits per heavy atom. The lowest BCUT2D eigenvalue weighted by atomic mass is 10.1. The Labute approximate surface area is 155 Å². The Balaban J connectivity index is 1.75. The molecule has 0 aliphatic rings. The van der Waals surface area contributed by atoms with Crippen LogP contribution in [0.25, 0.3) is 21.9 Å². The van der Waals surface area contributed by atoms with Gasteiger partial charge in [-0.3, -0.25) is 15.1 Å². The molecule has 0 bridgehead atoms. The average Bonchev–Trinajstić information content (AvgIpc) is 3.03. The maximum absolute atomic E-state index is 11.1. The largest absolute Gasteiger partial charge is 0.456 e. The quantitative estimate of drug-likeness (QED) is 0.281. The van der Waals surface area contributed by atoms with Crippen LogP contribution in [0.4, 0.5) is 17.1 Å². The van der Waals surface area contributed by atoms with Crippen LogP contribution in [0.5, 0.6) is 0 Å². The number of hydrogen-bond acceptors (Lipinski definition) is 5. The van der Waals surface area contributed by atoms with E-state index < -0.39 is 4.92 Å². The highest BCUT2D eigenvalue weighted by Crippen LogP contribution is 2.31. The standard InChI is InChI=1S/C21H17N3O3/c1-23(2)19-10-8-16(24(25)26)11-14(19)13-22-15-7-9-18-17-5-3-4-6-20(17)27-21(18)12-15/h3-13H,1-2H3. The summed E-state index contributed by atoms with van der Waals surface area (Å²) in [5.41, 5.74) is 3.89. The van der Waals surface area contributed by atoms with Crippen LogP contribution in [0.3, 0.4) is 0 Å². The predicted molar refractivity (Wildman–Crippen MR) is 108 cm³/mol. The van der Waals surface area contributed by atoms with Crippen LogP contribution in [-0.4, -0.2) is 25.2 Å². The molecule has 0 amide bonds. The fourth-order valence-electron chi connectivity index (χ4n) is 3.11. The Morgan fingerprint density at radius 2 is 1.78 bits per heavy atom. The molecule has 0 spiro atoms. The first-order valence-corrected chi connectivity index (χ1v) is 8.44. The van der Waals surface area contributed by atoms with Crippen LogP contribution in [0, 0.1) is 10.1 Å². The van der Waals surface area contributed by atoms with Crippen LogP contribution < -0.4 is 4.90 Å². The molecule has 0 fully saturated rings. The van der Waals surface area contributed by atoms with Crippen molar-refractivity contribution in [2.45, 2.75) is 0 Å². The molecule has 4 rings (SSSR count). The summed E-state index contributed by atoms with van der Waals surface area (Å²) in [6.07, 6.45) is 1.64.